The Balaban J connectivity index is 1.43. The van der Waals surface area contributed by atoms with Gasteiger partial charge in [0.15, 0.2) is 0 Å². The molecule has 0 spiro atoms. The van der Waals surface area contributed by atoms with Crippen LogP contribution in [0.15, 0.2) is 71.6 Å². The molecule has 15 heteroatoms. The van der Waals surface area contributed by atoms with E-state index in [9.17, 15) is 45.5 Å². The highest BCUT2D eigenvalue weighted by Crippen LogP contribution is 2.45. The first-order chi connectivity index (χ1) is 21.1. The Morgan fingerprint density at radius 1 is 0.933 bits per heavy atom. The maximum absolute atomic E-state index is 15.1. The number of hydrogen-bond donors (Lipinski definition) is 3. The SMILES string of the molecule is COc1cc(F)c(-c2cccc(C(=O)O)c2F)cc1C(=O)NC1C2C=CC(C2)C1C(=O)Nc1cccc(S(=O)(=O)C(F)(F)F)c1. The lowest BCUT2D eigenvalue weighted by Crippen LogP contribution is -2.47. The molecule has 0 aliphatic heterocycles. The van der Waals surface area contributed by atoms with Gasteiger partial charge in [-0.1, -0.05) is 30.4 Å². The second-order valence-corrected chi connectivity index (χ2v) is 12.4. The minimum absolute atomic E-state index is 0.211. The van der Waals surface area contributed by atoms with Crippen LogP contribution in [0.3, 0.4) is 0 Å². The Labute approximate surface area is 252 Å². The van der Waals surface area contributed by atoms with Gasteiger partial charge < -0.3 is 20.5 Å². The number of benzene rings is 3. The molecule has 45 heavy (non-hydrogen) atoms. The molecule has 0 radical (unpaired) electrons. The van der Waals surface area contributed by atoms with Gasteiger partial charge in [0.25, 0.3) is 15.7 Å². The quantitative estimate of drug-likeness (QED) is 0.225. The van der Waals surface area contributed by atoms with Crippen LogP contribution in [-0.4, -0.2) is 50.0 Å². The summed E-state index contributed by atoms with van der Waals surface area (Å²) in [6.45, 7) is 0. The number of sulfone groups is 1. The predicted octanol–water partition coefficient (Wildman–Crippen LogP) is 5.19. The molecule has 2 amide bonds. The zero-order chi connectivity index (χ0) is 32.8. The Hall–Kier alpha value is -4.79. The zero-order valence-electron chi connectivity index (χ0n) is 23.1. The van der Waals surface area contributed by atoms with E-state index in [0.29, 0.717) is 12.5 Å². The molecule has 3 aromatic carbocycles. The molecule has 0 heterocycles. The number of carbonyl (C=O) groups excluding carboxylic acids is 2. The number of hydrogen-bond acceptors (Lipinski definition) is 6. The van der Waals surface area contributed by atoms with E-state index in [4.69, 9.17) is 4.74 Å². The molecule has 236 valence electrons. The number of allylic oxidation sites excluding steroid dienone is 1. The summed E-state index contributed by atoms with van der Waals surface area (Å²) in [4.78, 5) is 37.3. The summed E-state index contributed by atoms with van der Waals surface area (Å²) >= 11 is 0. The first-order valence-electron chi connectivity index (χ1n) is 13.2. The topological polar surface area (TPSA) is 139 Å². The molecule has 2 aliphatic rings. The fraction of sp³-hybridized carbons (Fsp3) is 0.233. The van der Waals surface area contributed by atoms with Crippen LogP contribution in [0, 0.1) is 29.4 Å². The number of carboxylic acids is 1. The number of fused-ring (bicyclic) bond motifs is 2. The van der Waals surface area contributed by atoms with E-state index in [1.165, 1.54) is 19.2 Å². The second-order valence-electron chi connectivity index (χ2n) is 10.4. The van der Waals surface area contributed by atoms with Gasteiger partial charge in [-0.25, -0.2) is 22.0 Å². The van der Waals surface area contributed by atoms with Crippen molar-refractivity contribution in [2.75, 3.05) is 12.4 Å². The van der Waals surface area contributed by atoms with Crippen LogP contribution in [0.2, 0.25) is 0 Å². The summed E-state index contributed by atoms with van der Waals surface area (Å²) in [6.07, 6.45) is 4.00. The van der Waals surface area contributed by atoms with Crippen molar-refractivity contribution in [1.29, 1.82) is 0 Å². The number of carbonyl (C=O) groups is 3. The first kappa shape index (κ1) is 31.6. The molecule has 1 saturated carbocycles. The molecule has 4 atom stereocenters. The van der Waals surface area contributed by atoms with Gasteiger partial charge in [0.05, 0.1) is 29.1 Å². The van der Waals surface area contributed by atoms with Crippen molar-refractivity contribution in [3.05, 3.63) is 89.5 Å². The molecule has 2 aliphatic carbocycles. The lowest BCUT2D eigenvalue weighted by atomic mass is 9.87. The van der Waals surface area contributed by atoms with Crippen LogP contribution in [0.1, 0.15) is 27.1 Å². The second kappa shape index (κ2) is 11.6. The largest absolute Gasteiger partial charge is 0.501 e. The van der Waals surface area contributed by atoms with E-state index in [0.717, 1.165) is 36.4 Å². The number of halogens is 5. The smallest absolute Gasteiger partial charge is 0.496 e. The van der Waals surface area contributed by atoms with E-state index in [1.807, 2.05) is 0 Å². The number of alkyl halides is 3. The number of nitrogens with one attached hydrogen (secondary N) is 2. The summed E-state index contributed by atoms with van der Waals surface area (Å²) < 4.78 is 98.0. The van der Waals surface area contributed by atoms with Gasteiger partial charge in [-0.05, 0) is 48.6 Å². The summed E-state index contributed by atoms with van der Waals surface area (Å²) in [5, 5.41) is 14.4. The van der Waals surface area contributed by atoms with Gasteiger partial charge in [0.1, 0.15) is 17.4 Å². The Bertz CT molecular complexity index is 1860. The first-order valence-corrected chi connectivity index (χ1v) is 14.7. The number of ether oxygens (including phenoxy) is 1. The maximum atomic E-state index is 15.1. The third-order valence-electron chi connectivity index (χ3n) is 7.83. The van der Waals surface area contributed by atoms with Crippen molar-refractivity contribution < 1.29 is 54.6 Å². The van der Waals surface area contributed by atoms with Gasteiger partial charge in [-0.15, -0.1) is 0 Å². The lowest BCUT2D eigenvalue weighted by Gasteiger charge is -2.28. The third kappa shape index (κ3) is 5.75. The van der Waals surface area contributed by atoms with E-state index in [2.05, 4.69) is 10.6 Å². The molecule has 4 unspecified atom stereocenters. The number of aromatic carboxylic acids is 1. The van der Waals surface area contributed by atoms with Crippen molar-refractivity contribution in [3.8, 4) is 16.9 Å². The number of anilines is 1. The van der Waals surface area contributed by atoms with Crippen LogP contribution in [0.25, 0.3) is 11.1 Å². The number of carboxylic acid groups (broad SMARTS) is 1. The molecule has 9 nitrogen and oxygen atoms in total. The van der Waals surface area contributed by atoms with E-state index < -0.39 is 78.3 Å². The van der Waals surface area contributed by atoms with Gasteiger partial charge >= 0.3 is 11.5 Å². The molecule has 0 aromatic heterocycles. The van der Waals surface area contributed by atoms with Gasteiger partial charge in [0.2, 0.25) is 5.91 Å². The van der Waals surface area contributed by atoms with Crippen molar-refractivity contribution >= 4 is 33.3 Å². The monoisotopic (exact) mass is 650 g/mol. The van der Waals surface area contributed by atoms with Crippen molar-refractivity contribution in [2.24, 2.45) is 17.8 Å². The number of amides is 2. The summed E-state index contributed by atoms with van der Waals surface area (Å²) in [7, 11) is -4.51. The summed E-state index contributed by atoms with van der Waals surface area (Å²) in [5.74, 6) is -7.19. The van der Waals surface area contributed by atoms with Crippen molar-refractivity contribution in [1.82, 2.24) is 5.32 Å². The average Bonchev–Trinajstić information content (AvgIpc) is 3.59. The highest BCUT2D eigenvalue weighted by molar-refractivity contribution is 7.92. The van der Waals surface area contributed by atoms with Crippen LogP contribution < -0.4 is 15.4 Å². The Morgan fingerprint density at radius 3 is 2.29 bits per heavy atom. The minimum atomic E-state index is -5.67. The molecular weight excluding hydrogens is 627 g/mol. The molecule has 1 fully saturated rings. The summed E-state index contributed by atoms with van der Waals surface area (Å²) in [6, 6.07) is 8.03. The highest BCUT2D eigenvalue weighted by Gasteiger charge is 2.49. The molecule has 0 saturated heterocycles. The number of methoxy groups -OCH3 is 1. The minimum Gasteiger partial charge on any atom is -0.496 e. The highest BCUT2D eigenvalue weighted by atomic mass is 32.2. The number of rotatable bonds is 8. The molecule has 5 rings (SSSR count). The van der Waals surface area contributed by atoms with Gasteiger partial charge in [0, 0.05) is 28.9 Å². The van der Waals surface area contributed by atoms with Gasteiger partial charge in [-0.3, -0.25) is 9.59 Å². The predicted molar refractivity (Wildman–Crippen MR) is 149 cm³/mol. The van der Waals surface area contributed by atoms with Crippen LogP contribution in [-0.2, 0) is 14.6 Å². The fourth-order valence-electron chi connectivity index (χ4n) is 5.72. The molecule has 3 N–H and O–H groups in total. The van der Waals surface area contributed by atoms with Crippen molar-refractivity contribution in [3.63, 3.8) is 0 Å². The normalized spacial score (nSPS) is 20.6. The Morgan fingerprint density at radius 2 is 1.62 bits per heavy atom. The van der Waals surface area contributed by atoms with E-state index >= 15 is 4.39 Å². The maximum Gasteiger partial charge on any atom is 0.501 e. The zero-order valence-corrected chi connectivity index (χ0v) is 23.9. The van der Waals surface area contributed by atoms with Crippen molar-refractivity contribution in [2.45, 2.75) is 22.9 Å². The average molecular weight is 651 g/mol. The fourth-order valence-corrected chi connectivity index (χ4v) is 6.53. The third-order valence-corrected chi connectivity index (χ3v) is 9.31. The standard InChI is InChI=1S/C30H23F5N2O7S/c1-44-23-13-22(31)20(18-6-3-7-19(25(18)32)29(40)41)12-21(23)27(38)37-26-15-9-8-14(10-15)24(26)28(39)36-16-4-2-5-17(11-16)45(42,43)30(33,34)35/h2-9,11-15,24,26H,10H2,1H3,(H,36,39)(H,37,38)(H,40,41). The molecular formula is C30H23F5N2O7S. The molecule has 3 aromatic rings. The van der Waals surface area contributed by atoms with Crippen LogP contribution in [0.5, 0.6) is 5.75 Å². The Kier molecular flexibility index (Phi) is 8.16. The van der Waals surface area contributed by atoms with Gasteiger partial charge in [-0.2, -0.15) is 13.2 Å². The van der Waals surface area contributed by atoms with E-state index in [1.54, 1.807) is 12.2 Å². The molecule has 2 bridgehead atoms. The van der Waals surface area contributed by atoms with E-state index in [-0.39, 0.29) is 28.8 Å². The van der Waals surface area contributed by atoms with Crippen LogP contribution >= 0.6 is 0 Å². The lowest BCUT2D eigenvalue weighted by molar-refractivity contribution is -0.121. The van der Waals surface area contributed by atoms with Crippen LogP contribution in [0.4, 0.5) is 27.6 Å². The summed E-state index contributed by atoms with van der Waals surface area (Å²) in [5.41, 5.74) is -7.55.